The van der Waals surface area contributed by atoms with Crippen molar-refractivity contribution in [1.29, 1.82) is 0 Å². The number of sulfonamides is 1. The van der Waals surface area contributed by atoms with Crippen molar-refractivity contribution in [2.75, 3.05) is 6.61 Å². The molecule has 0 saturated heterocycles. The highest BCUT2D eigenvalue weighted by Gasteiger charge is 2.17. The summed E-state index contributed by atoms with van der Waals surface area (Å²) in [6.07, 6.45) is 3.07. The van der Waals surface area contributed by atoms with Crippen molar-refractivity contribution in [2.24, 2.45) is 5.14 Å². The molecule has 2 N–H and O–H groups in total. The molecule has 0 spiro atoms. The van der Waals surface area contributed by atoms with Crippen molar-refractivity contribution < 1.29 is 13.2 Å². The van der Waals surface area contributed by atoms with Gasteiger partial charge in [-0.1, -0.05) is 25.8 Å². The maximum atomic E-state index is 11.5. The van der Waals surface area contributed by atoms with Crippen LogP contribution in [0.25, 0.3) is 0 Å². The second-order valence-electron chi connectivity index (χ2n) is 4.51. The lowest BCUT2D eigenvalue weighted by Crippen LogP contribution is -2.15. The van der Waals surface area contributed by atoms with Gasteiger partial charge in [-0.15, -0.1) is 0 Å². The minimum absolute atomic E-state index is 0.0801. The van der Waals surface area contributed by atoms with Crippen LogP contribution < -0.4 is 9.88 Å². The van der Waals surface area contributed by atoms with E-state index >= 15 is 0 Å². The van der Waals surface area contributed by atoms with Crippen molar-refractivity contribution in [2.45, 2.75) is 44.9 Å². The first-order valence-electron chi connectivity index (χ1n) is 6.13. The van der Waals surface area contributed by atoms with Gasteiger partial charge in [0.15, 0.2) is 0 Å². The van der Waals surface area contributed by atoms with Gasteiger partial charge in [0.25, 0.3) is 0 Å². The predicted molar refractivity (Wildman–Crippen MR) is 72.3 cm³/mol. The summed E-state index contributed by atoms with van der Waals surface area (Å²) in [4.78, 5) is 0.0801. The molecule has 0 amide bonds. The molecule has 102 valence electrons. The van der Waals surface area contributed by atoms with Crippen LogP contribution in [-0.4, -0.2) is 15.0 Å². The fraction of sp³-hybridized carbons (Fsp3) is 0.538. The summed E-state index contributed by atoms with van der Waals surface area (Å²) in [6.45, 7) is 6.28. The van der Waals surface area contributed by atoms with E-state index in [-0.39, 0.29) is 4.90 Å². The summed E-state index contributed by atoms with van der Waals surface area (Å²) in [7, 11) is -3.75. The fourth-order valence-corrected chi connectivity index (χ4v) is 2.67. The van der Waals surface area contributed by atoms with Gasteiger partial charge in [-0.2, -0.15) is 0 Å². The molecule has 0 unspecified atom stereocenters. The Morgan fingerprint density at radius 2 is 1.89 bits per heavy atom. The van der Waals surface area contributed by atoms with Gasteiger partial charge in [-0.3, -0.25) is 0 Å². The van der Waals surface area contributed by atoms with Crippen molar-refractivity contribution in [1.82, 2.24) is 0 Å². The van der Waals surface area contributed by atoms with E-state index in [1.807, 2.05) is 19.9 Å². The number of unbranched alkanes of at least 4 members (excludes halogenated alkanes) is 2. The van der Waals surface area contributed by atoms with Crippen molar-refractivity contribution in [3.63, 3.8) is 0 Å². The van der Waals surface area contributed by atoms with Crippen molar-refractivity contribution in [3.8, 4) is 5.75 Å². The van der Waals surface area contributed by atoms with Crippen molar-refractivity contribution >= 4 is 10.0 Å². The van der Waals surface area contributed by atoms with Gasteiger partial charge in [-0.05, 0) is 37.5 Å². The van der Waals surface area contributed by atoms with Crippen LogP contribution in [0.3, 0.4) is 0 Å². The van der Waals surface area contributed by atoms with E-state index in [4.69, 9.17) is 9.88 Å². The lowest BCUT2D eigenvalue weighted by molar-refractivity contribution is 0.296. The second kappa shape index (κ2) is 6.20. The topological polar surface area (TPSA) is 69.4 Å². The number of primary sulfonamides is 1. The lowest BCUT2D eigenvalue weighted by atomic mass is 10.1. The van der Waals surface area contributed by atoms with E-state index in [2.05, 4.69) is 6.92 Å². The molecule has 0 atom stereocenters. The molecule has 0 fully saturated rings. The number of hydrogen-bond donors (Lipinski definition) is 1. The Morgan fingerprint density at radius 3 is 2.44 bits per heavy atom. The molecule has 0 radical (unpaired) electrons. The van der Waals surface area contributed by atoms with Crippen LogP contribution in [0.15, 0.2) is 17.0 Å². The Hall–Kier alpha value is -1.07. The largest absolute Gasteiger partial charge is 0.492 e. The molecule has 0 aromatic heterocycles. The molecule has 0 bridgehead atoms. The summed E-state index contributed by atoms with van der Waals surface area (Å²) in [6, 6.07) is 3.45. The zero-order chi connectivity index (χ0) is 13.8. The van der Waals surface area contributed by atoms with Gasteiger partial charge < -0.3 is 4.74 Å². The summed E-state index contributed by atoms with van der Waals surface area (Å²) >= 11 is 0. The highest BCUT2D eigenvalue weighted by Crippen LogP contribution is 2.28. The number of hydrogen-bond acceptors (Lipinski definition) is 3. The fourth-order valence-electron chi connectivity index (χ4n) is 1.84. The standard InChI is InChI=1S/C13H21NO3S/c1-4-5-6-7-17-13-11(3)8-10(2)9-12(13)18(14,15)16/h8-9H,4-7H2,1-3H3,(H2,14,15,16). The van der Waals surface area contributed by atoms with Crippen LogP contribution in [0.2, 0.25) is 0 Å². The number of aryl methyl sites for hydroxylation is 2. The van der Waals surface area contributed by atoms with Gasteiger partial charge in [0.1, 0.15) is 10.6 Å². The van der Waals surface area contributed by atoms with E-state index in [1.54, 1.807) is 6.07 Å². The molecule has 0 saturated carbocycles. The smallest absolute Gasteiger partial charge is 0.241 e. The summed E-state index contributed by atoms with van der Waals surface area (Å²) < 4.78 is 28.7. The molecule has 1 rings (SSSR count). The summed E-state index contributed by atoms with van der Waals surface area (Å²) in [5.74, 6) is 0.388. The molecule has 1 aromatic carbocycles. The van der Waals surface area contributed by atoms with E-state index in [0.29, 0.717) is 12.4 Å². The zero-order valence-corrected chi connectivity index (χ0v) is 12.0. The molecule has 0 aliphatic carbocycles. The second-order valence-corrected chi connectivity index (χ2v) is 6.04. The Labute approximate surface area is 109 Å². The molecule has 5 heteroatoms. The van der Waals surface area contributed by atoms with Crippen LogP contribution in [0.5, 0.6) is 5.75 Å². The number of nitrogens with two attached hydrogens (primary N) is 1. The normalized spacial score (nSPS) is 11.6. The van der Waals surface area contributed by atoms with Crippen LogP contribution in [0.1, 0.15) is 37.3 Å². The first-order chi connectivity index (χ1) is 8.36. The minimum Gasteiger partial charge on any atom is -0.492 e. The average molecular weight is 271 g/mol. The zero-order valence-electron chi connectivity index (χ0n) is 11.2. The molecule has 1 aromatic rings. The number of benzene rings is 1. The molecular formula is C13H21NO3S. The monoisotopic (exact) mass is 271 g/mol. The lowest BCUT2D eigenvalue weighted by Gasteiger charge is -2.14. The first-order valence-corrected chi connectivity index (χ1v) is 7.67. The third-order valence-electron chi connectivity index (χ3n) is 2.69. The van der Waals surface area contributed by atoms with Crippen LogP contribution >= 0.6 is 0 Å². The number of rotatable bonds is 6. The molecule has 0 heterocycles. The first kappa shape index (κ1) is 15.0. The van der Waals surface area contributed by atoms with Gasteiger partial charge in [-0.25, -0.2) is 13.6 Å². The van der Waals surface area contributed by atoms with E-state index in [0.717, 1.165) is 30.4 Å². The van der Waals surface area contributed by atoms with Crippen LogP contribution in [0.4, 0.5) is 0 Å². The van der Waals surface area contributed by atoms with E-state index in [1.165, 1.54) is 0 Å². The van der Waals surface area contributed by atoms with Crippen LogP contribution in [0, 0.1) is 13.8 Å². The molecule has 0 aliphatic heterocycles. The maximum absolute atomic E-state index is 11.5. The SMILES string of the molecule is CCCCCOc1c(C)cc(C)cc1S(N)(=O)=O. The highest BCUT2D eigenvalue weighted by atomic mass is 32.2. The molecule has 0 aliphatic rings. The quantitative estimate of drug-likeness (QED) is 0.808. The van der Waals surface area contributed by atoms with Gasteiger partial charge in [0, 0.05) is 0 Å². The summed E-state index contributed by atoms with van der Waals surface area (Å²) in [5.41, 5.74) is 1.66. The third kappa shape index (κ3) is 3.99. The Morgan fingerprint density at radius 1 is 1.22 bits per heavy atom. The maximum Gasteiger partial charge on any atom is 0.241 e. The average Bonchev–Trinajstić information content (AvgIpc) is 2.24. The van der Waals surface area contributed by atoms with Gasteiger partial charge >= 0.3 is 0 Å². The predicted octanol–water partition coefficient (Wildman–Crippen LogP) is 2.52. The van der Waals surface area contributed by atoms with Gasteiger partial charge in [0.05, 0.1) is 6.61 Å². The van der Waals surface area contributed by atoms with Gasteiger partial charge in [0.2, 0.25) is 10.0 Å². The third-order valence-corrected chi connectivity index (χ3v) is 3.60. The van der Waals surface area contributed by atoms with Crippen LogP contribution in [-0.2, 0) is 10.0 Å². The summed E-state index contributed by atoms with van der Waals surface area (Å²) in [5, 5.41) is 5.22. The molecule has 18 heavy (non-hydrogen) atoms. The minimum atomic E-state index is -3.75. The molecular weight excluding hydrogens is 250 g/mol. The Bertz CT molecular complexity index is 509. The molecule has 4 nitrogen and oxygen atoms in total. The highest BCUT2D eigenvalue weighted by molar-refractivity contribution is 7.89. The Kier molecular flexibility index (Phi) is 5.16. The number of ether oxygens (including phenoxy) is 1. The van der Waals surface area contributed by atoms with Crippen molar-refractivity contribution in [3.05, 3.63) is 23.3 Å². The Balaban J connectivity index is 3.02. The van der Waals surface area contributed by atoms with E-state index in [9.17, 15) is 8.42 Å². The van der Waals surface area contributed by atoms with E-state index < -0.39 is 10.0 Å².